The molecule has 124 valence electrons. The Labute approximate surface area is 125 Å². The summed E-state index contributed by atoms with van der Waals surface area (Å²) in [5, 5.41) is 1.54. The Morgan fingerprint density at radius 1 is 1.32 bits per heavy atom. The maximum absolute atomic E-state index is 13.6. The molecule has 1 amide bonds. The smallest absolute Gasteiger partial charge is 0.346 e. The fourth-order valence-corrected chi connectivity index (χ4v) is 2.79. The monoisotopic (exact) mass is 342 g/mol. The molecule has 5 nitrogen and oxygen atoms in total. The number of likely N-dealkylation sites (N-methyl/N-ethyl adjacent to an activating group) is 1. The number of sulfonamides is 1. The fraction of sp³-hybridized carbons (Fsp3) is 0.417. The van der Waals surface area contributed by atoms with E-state index in [2.05, 4.69) is 0 Å². The van der Waals surface area contributed by atoms with Crippen molar-refractivity contribution in [1.82, 2.24) is 9.62 Å². The standard InChI is InChI=1S/C12H14F4N2O3S/c1-8-3-4-9(13)10(5-8)22(20,21)18(2)6-11(19)17-7-12(14,15)16/h3-5H,6-7H2,1-2H3,(H,17,19). The van der Waals surface area contributed by atoms with Crippen molar-refractivity contribution in [3.8, 4) is 0 Å². The van der Waals surface area contributed by atoms with Gasteiger partial charge in [0.15, 0.2) is 0 Å². The second-order valence-corrected chi connectivity index (χ2v) is 6.60. The summed E-state index contributed by atoms with van der Waals surface area (Å²) in [5.41, 5.74) is 0.481. The molecule has 0 aliphatic carbocycles. The number of nitrogens with one attached hydrogen (secondary N) is 1. The van der Waals surface area contributed by atoms with Crippen molar-refractivity contribution in [2.24, 2.45) is 0 Å². The number of carbonyl (C=O) groups excluding carboxylic acids is 1. The van der Waals surface area contributed by atoms with Gasteiger partial charge in [-0.1, -0.05) is 6.07 Å². The van der Waals surface area contributed by atoms with Gasteiger partial charge in [0.1, 0.15) is 17.3 Å². The second kappa shape index (κ2) is 6.61. The van der Waals surface area contributed by atoms with Crippen LogP contribution in [-0.2, 0) is 14.8 Å². The van der Waals surface area contributed by atoms with Gasteiger partial charge < -0.3 is 5.32 Å². The highest BCUT2D eigenvalue weighted by atomic mass is 32.2. The van der Waals surface area contributed by atoms with E-state index >= 15 is 0 Å². The minimum Gasteiger partial charge on any atom is -0.346 e. The van der Waals surface area contributed by atoms with E-state index in [1.807, 2.05) is 0 Å². The number of aryl methyl sites for hydroxylation is 1. The van der Waals surface area contributed by atoms with Crippen molar-refractivity contribution < 1.29 is 30.8 Å². The zero-order valence-electron chi connectivity index (χ0n) is 11.7. The lowest BCUT2D eigenvalue weighted by molar-refractivity contribution is -0.138. The molecular weight excluding hydrogens is 328 g/mol. The number of benzene rings is 1. The van der Waals surface area contributed by atoms with Crippen molar-refractivity contribution >= 4 is 15.9 Å². The van der Waals surface area contributed by atoms with Crippen LogP contribution in [0.3, 0.4) is 0 Å². The Bertz CT molecular complexity index is 659. The summed E-state index contributed by atoms with van der Waals surface area (Å²) in [7, 11) is -3.35. The Kier molecular flexibility index (Phi) is 5.52. The highest BCUT2D eigenvalue weighted by Crippen LogP contribution is 2.19. The fourth-order valence-electron chi connectivity index (χ4n) is 1.52. The molecule has 0 bridgehead atoms. The second-order valence-electron chi connectivity index (χ2n) is 4.59. The van der Waals surface area contributed by atoms with Crippen molar-refractivity contribution in [1.29, 1.82) is 0 Å². The number of carbonyl (C=O) groups is 1. The summed E-state index contributed by atoms with van der Waals surface area (Å²) in [6, 6.07) is 3.40. The molecule has 1 aromatic carbocycles. The van der Waals surface area contributed by atoms with E-state index in [-0.39, 0.29) is 0 Å². The topological polar surface area (TPSA) is 66.5 Å². The molecule has 0 aromatic heterocycles. The quantitative estimate of drug-likeness (QED) is 0.824. The number of hydrogen-bond acceptors (Lipinski definition) is 3. The van der Waals surface area contributed by atoms with Crippen molar-refractivity contribution in [3.05, 3.63) is 29.6 Å². The third kappa shape index (κ3) is 4.95. The number of alkyl halides is 3. The predicted molar refractivity (Wildman–Crippen MR) is 70.0 cm³/mol. The van der Waals surface area contributed by atoms with Gasteiger partial charge in [0.25, 0.3) is 0 Å². The highest BCUT2D eigenvalue weighted by molar-refractivity contribution is 7.89. The summed E-state index contributed by atoms with van der Waals surface area (Å²) in [5.74, 6) is -2.15. The largest absolute Gasteiger partial charge is 0.405 e. The van der Waals surface area contributed by atoms with E-state index in [1.54, 1.807) is 6.92 Å². The molecule has 0 aliphatic heterocycles. The Balaban J connectivity index is 2.85. The van der Waals surface area contributed by atoms with Crippen LogP contribution < -0.4 is 5.32 Å². The molecule has 10 heteroatoms. The first kappa shape index (κ1) is 18.4. The van der Waals surface area contributed by atoms with Gasteiger partial charge in [0.2, 0.25) is 15.9 Å². The van der Waals surface area contributed by atoms with Crippen LogP contribution in [0.1, 0.15) is 5.56 Å². The third-order valence-electron chi connectivity index (χ3n) is 2.63. The van der Waals surface area contributed by atoms with E-state index in [9.17, 15) is 30.8 Å². The van der Waals surface area contributed by atoms with Crippen molar-refractivity contribution in [2.75, 3.05) is 20.1 Å². The molecule has 1 rings (SSSR count). The van der Waals surface area contributed by atoms with Crippen molar-refractivity contribution in [2.45, 2.75) is 18.0 Å². The van der Waals surface area contributed by atoms with Gasteiger partial charge in [0, 0.05) is 7.05 Å². The number of halogens is 4. The molecule has 0 aliphatic rings. The Morgan fingerprint density at radius 3 is 2.45 bits per heavy atom. The van der Waals surface area contributed by atoms with Gasteiger partial charge in [0.05, 0.1) is 6.54 Å². The lowest BCUT2D eigenvalue weighted by Gasteiger charge is -2.18. The molecule has 0 unspecified atom stereocenters. The average Bonchev–Trinajstić information content (AvgIpc) is 2.38. The normalized spacial score (nSPS) is 12.5. The predicted octanol–water partition coefficient (Wildman–Crippen LogP) is 1.43. The third-order valence-corrected chi connectivity index (χ3v) is 4.45. The lowest BCUT2D eigenvalue weighted by atomic mass is 10.2. The number of amides is 1. The molecule has 0 fully saturated rings. The number of nitrogens with zero attached hydrogens (tertiary/aromatic N) is 1. The van der Waals surface area contributed by atoms with Crippen LogP contribution in [0.5, 0.6) is 0 Å². The number of rotatable bonds is 5. The zero-order valence-corrected chi connectivity index (χ0v) is 12.6. The average molecular weight is 342 g/mol. The maximum atomic E-state index is 13.6. The molecule has 0 atom stereocenters. The van der Waals surface area contributed by atoms with E-state index in [1.165, 1.54) is 11.4 Å². The van der Waals surface area contributed by atoms with Crippen LogP contribution in [0.15, 0.2) is 23.1 Å². The first-order valence-electron chi connectivity index (χ1n) is 5.99. The van der Waals surface area contributed by atoms with Crippen LogP contribution in [0.4, 0.5) is 17.6 Å². The highest BCUT2D eigenvalue weighted by Gasteiger charge is 2.30. The zero-order chi connectivity index (χ0) is 17.1. The molecular formula is C12H14F4N2O3S. The van der Waals surface area contributed by atoms with Gasteiger partial charge in [-0.15, -0.1) is 0 Å². The summed E-state index contributed by atoms with van der Waals surface area (Å²) in [4.78, 5) is 10.7. The molecule has 0 radical (unpaired) electrons. The summed E-state index contributed by atoms with van der Waals surface area (Å²) in [6.07, 6.45) is -4.60. The first-order valence-corrected chi connectivity index (χ1v) is 7.43. The van der Waals surface area contributed by atoms with Gasteiger partial charge in [-0.2, -0.15) is 17.5 Å². The van der Waals surface area contributed by atoms with Gasteiger partial charge in [-0.25, -0.2) is 12.8 Å². The van der Waals surface area contributed by atoms with Gasteiger partial charge in [-0.3, -0.25) is 4.79 Å². The van der Waals surface area contributed by atoms with Crippen LogP contribution >= 0.6 is 0 Å². The molecule has 0 spiro atoms. The molecule has 22 heavy (non-hydrogen) atoms. The molecule has 1 N–H and O–H groups in total. The summed E-state index contributed by atoms with van der Waals surface area (Å²) < 4.78 is 74.2. The van der Waals surface area contributed by atoms with Crippen LogP contribution in [0, 0.1) is 12.7 Å². The SMILES string of the molecule is Cc1ccc(F)c(S(=O)(=O)N(C)CC(=O)NCC(F)(F)F)c1. The number of hydrogen-bond donors (Lipinski definition) is 1. The molecule has 0 saturated carbocycles. The van der Waals surface area contributed by atoms with Crippen molar-refractivity contribution in [3.63, 3.8) is 0 Å². The summed E-state index contributed by atoms with van der Waals surface area (Å²) in [6.45, 7) is -0.876. The van der Waals surface area contributed by atoms with Crippen LogP contribution in [0.25, 0.3) is 0 Å². The van der Waals surface area contributed by atoms with Crippen LogP contribution in [-0.4, -0.2) is 44.9 Å². The van der Waals surface area contributed by atoms with E-state index in [4.69, 9.17) is 0 Å². The van der Waals surface area contributed by atoms with E-state index in [0.29, 0.717) is 9.87 Å². The lowest BCUT2D eigenvalue weighted by Crippen LogP contribution is -2.41. The van der Waals surface area contributed by atoms with Gasteiger partial charge in [-0.05, 0) is 24.6 Å². The maximum Gasteiger partial charge on any atom is 0.405 e. The molecule has 0 saturated heterocycles. The molecule has 1 aromatic rings. The van der Waals surface area contributed by atoms with Gasteiger partial charge >= 0.3 is 6.18 Å². The molecule has 0 heterocycles. The van der Waals surface area contributed by atoms with E-state index in [0.717, 1.165) is 19.2 Å². The van der Waals surface area contributed by atoms with Crippen LogP contribution in [0.2, 0.25) is 0 Å². The summed E-state index contributed by atoms with van der Waals surface area (Å²) >= 11 is 0. The Hall–Kier alpha value is -1.68. The Morgan fingerprint density at radius 2 is 1.91 bits per heavy atom. The minimum absolute atomic E-state index is 0.481. The first-order chi connectivity index (χ1) is 9.93. The van der Waals surface area contributed by atoms with E-state index < -0.39 is 45.9 Å². The minimum atomic E-state index is -4.60.